The van der Waals surface area contributed by atoms with Gasteiger partial charge in [0.05, 0.1) is 0 Å². The number of pyridine rings is 1. The van der Waals surface area contributed by atoms with Crippen LogP contribution < -0.4 is 11.3 Å². The number of nitrogens with one attached hydrogen (secondary N) is 1. The van der Waals surface area contributed by atoms with Crippen LogP contribution in [0.2, 0.25) is 0 Å². The van der Waals surface area contributed by atoms with Crippen LogP contribution in [0.3, 0.4) is 0 Å². The molecule has 1 aromatic heterocycles. The standard InChI is InChI=1S/C10H16BrN3S/c1-15-3-2-10(14-12)5-8-4-9(11)7-13-6-8/h4,6-7,10,14H,2-3,5,12H2,1H3. The van der Waals surface area contributed by atoms with E-state index < -0.39 is 0 Å². The number of hydrogen-bond donors (Lipinski definition) is 2. The first-order chi connectivity index (χ1) is 7.26. The quantitative estimate of drug-likeness (QED) is 0.621. The van der Waals surface area contributed by atoms with Crippen molar-refractivity contribution < 1.29 is 0 Å². The first-order valence-electron chi connectivity index (χ1n) is 4.80. The molecule has 0 saturated heterocycles. The summed E-state index contributed by atoms with van der Waals surface area (Å²) in [5.74, 6) is 6.63. The molecule has 0 aliphatic rings. The maximum atomic E-state index is 5.51. The van der Waals surface area contributed by atoms with Gasteiger partial charge in [-0.25, -0.2) is 0 Å². The van der Waals surface area contributed by atoms with E-state index in [9.17, 15) is 0 Å². The third-order valence-electron chi connectivity index (χ3n) is 2.15. The van der Waals surface area contributed by atoms with Crippen molar-refractivity contribution in [3.63, 3.8) is 0 Å². The first kappa shape index (κ1) is 13.0. The van der Waals surface area contributed by atoms with Crippen LogP contribution in [0.4, 0.5) is 0 Å². The molecule has 3 nitrogen and oxygen atoms in total. The number of rotatable bonds is 6. The Morgan fingerprint density at radius 2 is 2.40 bits per heavy atom. The van der Waals surface area contributed by atoms with Gasteiger partial charge >= 0.3 is 0 Å². The number of nitrogens with two attached hydrogens (primary N) is 1. The van der Waals surface area contributed by atoms with E-state index in [0.29, 0.717) is 6.04 Å². The fourth-order valence-electron chi connectivity index (χ4n) is 1.36. The second-order valence-electron chi connectivity index (χ2n) is 3.36. The van der Waals surface area contributed by atoms with Crippen LogP contribution in [0, 0.1) is 0 Å². The monoisotopic (exact) mass is 289 g/mol. The van der Waals surface area contributed by atoms with Gasteiger partial charge in [0.1, 0.15) is 0 Å². The molecule has 3 N–H and O–H groups in total. The summed E-state index contributed by atoms with van der Waals surface area (Å²) in [6, 6.07) is 2.41. The Morgan fingerprint density at radius 3 is 3.00 bits per heavy atom. The minimum Gasteiger partial charge on any atom is -0.271 e. The highest BCUT2D eigenvalue weighted by molar-refractivity contribution is 9.10. The number of aromatic nitrogens is 1. The molecule has 0 aliphatic heterocycles. The highest BCUT2D eigenvalue weighted by atomic mass is 79.9. The zero-order chi connectivity index (χ0) is 11.1. The van der Waals surface area contributed by atoms with Crippen molar-refractivity contribution in [2.45, 2.75) is 18.9 Å². The summed E-state index contributed by atoms with van der Waals surface area (Å²) in [6.07, 6.45) is 7.77. The van der Waals surface area contributed by atoms with E-state index in [1.807, 2.05) is 18.0 Å². The molecule has 0 aromatic carbocycles. The summed E-state index contributed by atoms with van der Waals surface area (Å²) in [6.45, 7) is 0. The van der Waals surface area contributed by atoms with Crippen LogP contribution in [-0.2, 0) is 6.42 Å². The van der Waals surface area contributed by atoms with Crippen molar-refractivity contribution in [2.75, 3.05) is 12.0 Å². The molecule has 0 bridgehead atoms. The van der Waals surface area contributed by atoms with Gasteiger partial charge in [0.2, 0.25) is 0 Å². The average molecular weight is 290 g/mol. The van der Waals surface area contributed by atoms with Crippen LogP contribution in [0.15, 0.2) is 22.9 Å². The van der Waals surface area contributed by atoms with Crippen molar-refractivity contribution >= 4 is 27.7 Å². The summed E-state index contributed by atoms with van der Waals surface area (Å²) >= 11 is 5.25. The maximum Gasteiger partial charge on any atom is 0.0410 e. The van der Waals surface area contributed by atoms with Crippen LogP contribution in [-0.4, -0.2) is 23.0 Å². The molecule has 5 heteroatoms. The van der Waals surface area contributed by atoms with E-state index in [0.717, 1.165) is 23.1 Å². The summed E-state index contributed by atoms with van der Waals surface area (Å²) in [4.78, 5) is 4.13. The van der Waals surface area contributed by atoms with E-state index >= 15 is 0 Å². The first-order valence-corrected chi connectivity index (χ1v) is 6.99. The van der Waals surface area contributed by atoms with Crippen molar-refractivity contribution in [3.8, 4) is 0 Å². The molecule has 1 unspecified atom stereocenters. The molecule has 0 spiro atoms. The lowest BCUT2D eigenvalue weighted by atomic mass is 10.1. The Bertz CT molecular complexity index is 296. The summed E-state index contributed by atoms with van der Waals surface area (Å²) in [5.41, 5.74) is 4.05. The van der Waals surface area contributed by atoms with Gasteiger partial charge in [-0.2, -0.15) is 11.8 Å². The van der Waals surface area contributed by atoms with Gasteiger partial charge in [-0.3, -0.25) is 16.3 Å². The average Bonchev–Trinajstić information content (AvgIpc) is 2.24. The normalized spacial score (nSPS) is 12.7. The van der Waals surface area contributed by atoms with Crippen LogP contribution in [0.25, 0.3) is 0 Å². The molecule has 84 valence electrons. The van der Waals surface area contributed by atoms with Crippen molar-refractivity contribution in [1.29, 1.82) is 0 Å². The molecule has 0 amide bonds. The van der Waals surface area contributed by atoms with E-state index in [4.69, 9.17) is 5.84 Å². The zero-order valence-electron chi connectivity index (χ0n) is 8.74. The Labute approximate surface area is 103 Å². The van der Waals surface area contributed by atoms with E-state index in [1.54, 1.807) is 6.20 Å². The van der Waals surface area contributed by atoms with Gasteiger partial charge in [-0.15, -0.1) is 0 Å². The molecule has 0 aliphatic carbocycles. The Hall–Kier alpha value is -0.100. The van der Waals surface area contributed by atoms with Crippen molar-refractivity contribution in [2.24, 2.45) is 5.84 Å². The lowest BCUT2D eigenvalue weighted by Crippen LogP contribution is -2.37. The maximum absolute atomic E-state index is 5.51. The van der Waals surface area contributed by atoms with E-state index in [2.05, 4.69) is 38.7 Å². The minimum absolute atomic E-state index is 0.327. The molecule has 15 heavy (non-hydrogen) atoms. The Balaban J connectivity index is 2.50. The van der Waals surface area contributed by atoms with Crippen LogP contribution >= 0.6 is 27.7 Å². The van der Waals surface area contributed by atoms with Gasteiger partial charge in [0, 0.05) is 22.9 Å². The third kappa shape index (κ3) is 4.97. The number of halogens is 1. The van der Waals surface area contributed by atoms with E-state index in [-0.39, 0.29) is 0 Å². The third-order valence-corrected chi connectivity index (χ3v) is 3.23. The molecular formula is C10H16BrN3S. The molecule has 0 radical (unpaired) electrons. The zero-order valence-corrected chi connectivity index (χ0v) is 11.1. The van der Waals surface area contributed by atoms with Crippen LogP contribution in [0.5, 0.6) is 0 Å². The highest BCUT2D eigenvalue weighted by Gasteiger charge is 2.07. The smallest absolute Gasteiger partial charge is 0.0410 e. The molecule has 0 fully saturated rings. The molecule has 1 aromatic rings. The minimum atomic E-state index is 0.327. The second kappa shape index (κ2) is 7.22. The predicted molar refractivity (Wildman–Crippen MR) is 69.8 cm³/mol. The largest absolute Gasteiger partial charge is 0.271 e. The fraction of sp³-hybridized carbons (Fsp3) is 0.500. The molecule has 0 saturated carbocycles. The lowest BCUT2D eigenvalue weighted by molar-refractivity contribution is 0.514. The predicted octanol–water partition coefficient (Wildman–Crippen LogP) is 1.97. The Kier molecular flexibility index (Phi) is 6.24. The van der Waals surface area contributed by atoms with Gasteiger partial charge < -0.3 is 0 Å². The molecule has 1 atom stereocenters. The number of hydrazine groups is 1. The van der Waals surface area contributed by atoms with E-state index in [1.165, 1.54) is 5.56 Å². The van der Waals surface area contributed by atoms with Gasteiger partial charge in [0.15, 0.2) is 0 Å². The van der Waals surface area contributed by atoms with Gasteiger partial charge in [-0.05, 0) is 52.4 Å². The number of thioether (sulfide) groups is 1. The molecule has 1 heterocycles. The number of hydrogen-bond acceptors (Lipinski definition) is 4. The molecular weight excluding hydrogens is 274 g/mol. The SMILES string of the molecule is CSCCC(Cc1cncc(Br)c1)NN. The summed E-state index contributed by atoms with van der Waals surface area (Å²) < 4.78 is 1.01. The fourth-order valence-corrected chi connectivity index (χ4v) is 2.29. The van der Waals surface area contributed by atoms with Crippen LogP contribution in [0.1, 0.15) is 12.0 Å². The van der Waals surface area contributed by atoms with Gasteiger partial charge in [-0.1, -0.05) is 0 Å². The molecule has 1 rings (SSSR count). The summed E-state index contributed by atoms with van der Waals surface area (Å²) in [7, 11) is 0. The lowest BCUT2D eigenvalue weighted by Gasteiger charge is -2.14. The van der Waals surface area contributed by atoms with Crippen molar-refractivity contribution in [1.82, 2.24) is 10.4 Å². The topological polar surface area (TPSA) is 50.9 Å². The highest BCUT2D eigenvalue weighted by Crippen LogP contribution is 2.12. The van der Waals surface area contributed by atoms with Crippen molar-refractivity contribution in [3.05, 3.63) is 28.5 Å². The van der Waals surface area contributed by atoms with Gasteiger partial charge in [0.25, 0.3) is 0 Å². The second-order valence-corrected chi connectivity index (χ2v) is 5.26. The Morgan fingerprint density at radius 1 is 1.60 bits per heavy atom. The number of nitrogens with zero attached hydrogens (tertiary/aromatic N) is 1. The summed E-state index contributed by atoms with van der Waals surface area (Å²) in [5, 5.41) is 0.